The highest BCUT2D eigenvalue weighted by Crippen LogP contribution is 2.22. The number of hydrogen-bond acceptors (Lipinski definition) is 2. The third kappa shape index (κ3) is 4.51. The number of carbonyl (C=O) groups excluding carboxylic acids is 1. The summed E-state index contributed by atoms with van der Waals surface area (Å²) in [5.41, 5.74) is 3.34. The summed E-state index contributed by atoms with van der Waals surface area (Å²) in [7, 11) is 0. The van der Waals surface area contributed by atoms with Crippen LogP contribution in [0.4, 0.5) is 0 Å². The van der Waals surface area contributed by atoms with Gasteiger partial charge in [0.15, 0.2) is 6.10 Å². The fourth-order valence-corrected chi connectivity index (χ4v) is 2.77. The first-order chi connectivity index (χ1) is 12.6. The molecule has 2 atom stereocenters. The van der Waals surface area contributed by atoms with Gasteiger partial charge in [-0.15, -0.1) is 0 Å². The Morgan fingerprint density at radius 3 is 1.92 bits per heavy atom. The van der Waals surface area contributed by atoms with Gasteiger partial charge in [-0.25, -0.2) is 0 Å². The largest absolute Gasteiger partial charge is 0.481 e. The van der Waals surface area contributed by atoms with Crippen molar-refractivity contribution in [2.45, 2.75) is 26.0 Å². The van der Waals surface area contributed by atoms with Gasteiger partial charge in [0.25, 0.3) is 5.91 Å². The quantitative estimate of drug-likeness (QED) is 0.683. The van der Waals surface area contributed by atoms with Gasteiger partial charge in [0.1, 0.15) is 5.75 Å². The Labute approximate surface area is 154 Å². The summed E-state index contributed by atoms with van der Waals surface area (Å²) >= 11 is 0. The number of amides is 1. The monoisotopic (exact) mass is 345 g/mol. The lowest BCUT2D eigenvalue weighted by Gasteiger charge is -2.19. The van der Waals surface area contributed by atoms with Crippen molar-refractivity contribution in [1.82, 2.24) is 5.32 Å². The molecular formula is C23H23NO2. The van der Waals surface area contributed by atoms with Crippen LogP contribution in [0.2, 0.25) is 0 Å². The molecule has 1 N–H and O–H groups in total. The maximum atomic E-state index is 12.4. The number of carbonyl (C=O) groups is 1. The molecule has 0 saturated carbocycles. The van der Waals surface area contributed by atoms with Crippen molar-refractivity contribution in [2.24, 2.45) is 0 Å². The molecule has 0 aliphatic carbocycles. The maximum absolute atomic E-state index is 12.4. The first kappa shape index (κ1) is 17.7. The zero-order valence-corrected chi connectivity index (χ0v) is 15.1. The van der Waals surface area contributed by atoms with Gasteiger partial charge in [-0.05, 0) is 42.7 Å². The van der Waals surface area contributed by atoms with Crippen LogP contribution in [-0.2, 0) is 4.79 Å². The topological polar surface area (TPSA) is 38.3 Å². The predicted octanol–water partition coefficient (Wildman–Crippen LogP) is 5.00. The summed E-state index contributed by atoms with van der Waals surface area (Å²) in [4.78, 5) is 12.4. The molecule has 0 radical (unpaired) electrons. The molecule has 0 heterocycles. The second-order valence-corrected chi connectivity index (χ2v) is 6.29. The van der Waals surface area contributed by atoms with Gasteiger partial charge in [0, 0.05) is 0 Å². The van der Waals surface area contributed by atoms with Crippen LogP contribution in [-0.4, -0.2) is 12.0 Å². The molecule has 1 amide bonds. The Hall–Kier alpha value is -3.07. The SMILES string of the molecule is CC(Oc1ccc(-c2ccccc2)cc1)C(=O)NC(C)c1ccccc1. The van der Waals surface area contributed by atoms with Gasteiger partial charge in [-0.1, -0.05) is 72.8 Å². The summed E-state index contributed by atoms with van der Waals surface area (Å²) in [6.45, 7) is 3.73. The van der Waals surface area contributed by atoms with E-state index in [0.29, 0.717) is 5.75 Å². The number of hydrogen-bond donors (Lipinski definition) is 1. The van der Waals surface area contributed by atoms with Gasteiger partial charge in [0.05, 0.1) is 6.04 Å². The highest BCUT2D eigenvalue weighted by atomic mass is 16.5. The zero-order valence-electron chi connectivity index (χ0n) is 15.1. The Morgan fingerprint density at radius 2 is 1.31 bits per heavy atom. The van der Waals surface area contributed by atoms with Crippen LogP contribution >= 0.6 is 0 Å². The van der Waals surface area contributed by atoms with Gasteiger partial charge in [-0.3, -0.25) is 4.79 Å². The van der Waals surface area contributed by atoms with E-state index in [9.17, 15) is 4.79 Å². The molecule has 2 unspecified atom stereocenters. The Kier molecular flexibility index (Phi) is 5.69. The molecule has 132 valence electrons. The van der Waals surface area contributed by atoms with Gasteiger partial charge < -0.3 is 10.1 Å². The van der Waals surface area contributed by atoms with E-state index in [4.69, 9.17) is 4.74 Å². The van der Waals surface area contributed by atoms with E-state index in [1.54, 1.807) is 6.92 Å². The lowest BCUT2D eigenvalue weighted by molar-refractivity contribution is -0.127. The van der Waals surface area contributed by atoms with Gasteiger partial charge in [0.2, 0.25) is 0 Å². The molecular weight excluding hydrogens is 322 g/mol. The fourth-order valence-electron chi connectivity index (χ4n) is 2.77. The van der Waals surface area contributed by atoms with Crippen molar-refractivity contribution >= 4 is 5.91 Å². The first-order valence-electron chi connectivity index (χ1n) is 8.81. The molecule has 3 aromatic rings. The van der Waals surface area contributed by atoms with Crippen LogP contribution in [0.1, 0.15) is 25.5 Å². The highest BCUT2D eigenvalue weighted by molar-refractivity contribution is 5.81. The van der Waals surface area contributed by atoms with Crippen LogP contribution in [0.25, 0.3) is 11.1 Å². The van der Waals surface area contributed by atoms with E-state index in [1.165, 1.54) is 0 Å². The summed E-state index contributed by atoms with van der Waals surface area (Å²) in [5.74, 6) is 0.549. The zero-order chi connectivity index (χ0) is 18.4. The molecule has 0 aliphatic rings. The van der Waals surface area contributed by atoms with E-state index in [-0.39, 0.29) is 11.9 Å². The molecule has 0 saturated heterocycles. The third-order valence-corrected chi connectivity index (χ3v) is 4.30. The molecule has 3 nitrogen and oxygen atoms in total. The standard InChI is InChI=1S/C23H23NO2/c1-17(19-9-5-3-6-10-19)24-23(25)18(2)26-22-15-13-21(14-16-22)20-11-7-4-8-12-20/h3-18H,1-2H3,(H,24,25). The van der Waals surface area contributed by atoms with Crippen molar-refractivity contribution in [3.63, 3.8) is 0 Å². The Morgan fingerprint density at radius 1 is 0.769 bits per heavy atom. The lowest BCUT2D eigenvalue weighted by Crippen LogP contribution is -2.37. The molecule has 0 bridgehead atoms. The maximum Gasteiger partial charge on any atom is 0.261 e. The number of nitrogens with one attached hydrogen (secondary N) is 1. The van der Waals surface area contributed by atoms with E-state index in [0.717, 1.165) is 16.7 Å². The summed E-state index contributed by atoms with van der Waals surface area (Å²) in [5, 5.41) is 2.99. The molecule has 3 aromatic carbocycles. The fraction of sp³-hybridized carbons (Fsp3) is 0.174. The Balaban J connectivity index is 1.59. The van der Waals surface area contributed by atoms with Crippen LogP contribution in [0, 0.1) is 0 Å². The minimum atomic E-state index is -0.566. The third-order valence-electron chi connectivity index (χ3n) is 4.30. The lowest BCUT2D eigenvalue weighted by atomic mass is 10.1. The summed E-state index contributed by atoms with van der Waals surface area (Å²) < 4.78 is 5.79. The minimum Gasteiger partial charge on any atom is -0.481 e. The van der Waals surface area contributed by atoms with E-state index >= 15 is 0 Å². The van der Waals surface area contributed by atoms with Crippen LogP contribution < -0.4 is 10.1 Å². The van der Waals surface area contributed by atoms with Crippen molar-refractivity contribution < 1.29 is 9.53 Å². The molecule has 3 heteroatoms. The van der Waals surface area contributed by atoms with Crippen LogP contribution in [0.15, 0.2) is 84.9 Å². The van der Waals surface area contributed by atoms with Crippen LogP contribution in [0.5, 0.6) is 5.75 Å². The second kappa shape index (κ2) is 8.34. The van der Waals surface area contributed by atoms with E-state index < -0.39 is 6.10 Å². The van der Waals surface area contributed by atoms with Gasteiger partial charge in [-0.2, -0.15) is 0 Å². The second-order valence-electron chi connectivity index (χ2n) is 6.29. The molecule has 0 spiro atoms. The number of ether oxygens (including phenoxy) is 1. The van der Waals surface area contributed by atoms with Crippen molar-refractivity contribution in [1.29, 1.82) is 0 Å². The highest BCUT2D eigenvalue weighted by Gasteiger charge is 2.17. The van der Waals surface area contributed by atoms with E-state index in [1.807, 2.05) is 79.7 Å². The average Bonchev–Trinajstić information content (AvgIpc) is 2.70. The van der Waals surface area contributed by atoms with Crippen LogP contribution in [0.3, 0.4) is 0 Å². The minimum absolute atomic E-state index is 0.0600. The van der Waals surface area contributed by atoms with E-state index in [2.05, 4.69) is 17.4 Å². The number of rotatable bonds is 6. The smallest absolute Gasteiger partial charge is 0.261 e. The first-order valence-corrected chi connectivity index (χ1v) is 8.81. The van der Waals surface area contributed by atoms with Crippen molar-refractivity contribution in [3.05, 3.63) is 90.5 Å². The molecule has 0 aromatic heterocycles. The average molecular weight is 345 g/mol. The normalized spacial score (nSPS) is 12.8. The summed E-state index contributed by atoms with van der Waals surface area (Å²) in [6.07, 6.45) is -0.566. The summed E-state index contributed by atoms with van der Waals surface area (Å²) in [6, 6.07) is 27.8. The number of benzene rings is 3. The van der Waals surface area contributed by atoms with Crippen molar-refractivity contribution in [3.8, 4) is 16.9 Å². The Bertz CT molecular complexity index is 829. The molecule has 0 aliphatic heterocycles. The molecule has 26 heavy (non-hydrogen) atoms. The molecule has 3 rings (SSSR count). The van der Waals surface area contributed by atoms with Crippen molar-refractivity contribution in [2.75, 3.05) is 0 Å². The predicted molar refractivity (Wildman–Crippen MR) is 105 cm³/mol. The molecule has 0 fully saturated rings. The van der Waals surface area contributed by atoms with Gasteiger partial charge >= 0.3 is 0 Å².